The predicted molar refractivity (Wildman–Crippen MR) is 130 cm³/mol. The SMILES string of the molecule is COc1cc(OC)cc(C(=O)Nc2ccc3c(c2)CN(Cc2ccccc2Cl)C(=O)C(C)O3)c1. The van der Waals surface area contributed by atoms with Gasteiger partial charge in [0.15, 0.2) is 6.10 Å². The molecule has 0 bridgehead atoms. The van der Waals surface area contributed by atoms with Gasteiger partial charge in [-0.25, -0.2) is 0 Å². The zero-order valence-electron chi connectivity index (χ0n) is 19.1. The monoisotopic (exact) mass is 480 g/mol. The summed E-state index contributed by atoms with van der Waals surface area (Å²) < 4.78 is 16.4. The van der Waals surface area contributed by atoms with Crippen molar-refractivity contribution < 1.29 is 23.8 Å². The van der Waals surface area contributed by atoms with E-state index in [4.69, 9.17) is 25.8 Å². The Bertz CT molecular complexity index is 1210. The zero-order valence-corrected chi connectivity index (χ0v) is 19.9. The summed E-state index contributed by atoms with van der Waals surface area (Å²) in [5.74, 6) is 1.18. The number of methoxy groups -OCH3 is 2. The number of rotatable bonds is 6. The van der Waals surface area contributed by atoms with E-state index in [1.54, 1.807) is 48.2 Å². The van der Waals surface area contributed by atoms with Crippen LogP contribution in [0, 0.1) is 0 Å². The van der Waals surface area contributed by atoms with E-state index in [2.05, 4.69) is 5.32 Å². The minimum atomic E-state index is -0.645. The number of benzene rings is 3. The molecule has 0 aliphatic carbocycles. The van der Waals surface area contributed by atoms with Crippen LogP contribution in [0.3, 0.4) is 0 Å². The number of nitrogens with zero attached hydrogens (tertiary/aromatic N) is 1. The van der Waals surface area contributed by atoms with Gasteiger partial charge in [0.05, 0.1) is 14.2 Å². The van der Waals surface area contributed by atoms with Crippen LogP contribution < -0.4 is 19.5 Å². The normalized spacial score (nSPS) is 15.1. The van der Waals surface area contributed by atoms with Crippen LogP contribution in [0.4, 0.5) is 5.69 Å². The number of ether oxygens (including phenoxy) is 3. The molecule has 1 unspecified atom stereocenters. The predicted octanol–water partition coefficient (Wildman–Crippen LogP) is 4.92. The van der Waals surface area contributed by atoms with Crippen molar-refractivity contribution in [2.75, 3.05) is 19.5 Å². The van der Waals surface area contributed by atoms with Crippen LogP contribution in [0.15, 0.2) is 60.7 Å². The van der Waals surface area contributed by atoms with Crippen molar-refractivity contribution in [1.82, 2.24) is 4.90 Å². The number of hydrogen-bond donors (Lipinski definition) is 1. The number of halogens is 1. The van der Waals surface area contributed by atoms with E-state index in [0.29, 0.717) is 46.6 Å². The van der Waals surface area contributed by atoms with Crippen molar-refractivity contribution in [3.63, 3.8) is 0 Å². The van der Waals surface area contributed by atoms with E-state index in [0.717, 1.165) is 11.1 Å². The minimum Gasteiger partial charge on any atom is -0.497 e. The number of fused-ring (bicyclic) bond motifs is 1. The van der Waals surface area contributed by atoms with Gasteiger partial charge in [-0.2, -0.15) is 0 Å². The van der Waals surface area contributed by atoms with E-state index in [-0.39, 0.29) is 11.8 Å². The molecule has 0 radical (unpaired) electrons. The molecular weight excluding hydrogens is 456 g/mol. The second-order valence-corrected chi connectivity index (χ2v) is 8.33. The number of anilines is 1. The second-order valence-electron chi connectivity index (χ2n) is 7.92. The lowest BCUT2D eigenvalue weighted by Gasteiger charge is -2.22. The Balaban J connectivity index is 1.58. The van der Waals surface area contributed by atoms with Gasteiger partial charge in [-0.3, -0.25) is 9.59 Å². The highest BCUT2D eigenvalue weighted by atomic mass is 35.5. The van der Waals surface area contributed by atoms with Crippen molar-refractivity contribution in [1.29, 1.82) is 0 Å². The Hall–Kier alpha value is -3.71. The number of amides is 2. The van der Waals surface area contributed by atoms with Crippen molar-refractivity contribution in [2.24, 2.45) is 0 Å². The van der Waals surface area contributed by atoms with Gasteiger partial charge in [0.2, 0.25) is 0 Å². The molecule has 0 saturated heterocycles. The summed E-state index contributed by atoms with van der Waals surface area (Å²) in [4.78, 5) is 27.6. The molecule has 0 fully saturated rings. The molecule has 1 N–H and O–H groups in total. The molecule has 0 spiro atoms. The summed E-state index contributed by atoms with van der Waals surface area (Å²) in [7, 11) is 3.05. The van der Waals surface area contributed by atoms with E-state index < -0.39 is 6.10 Å². The van der Waals surface area contributed by atoms with Gasteiger partial charge in [0.1, 0.15) is 17.2 Å². The number of carbonyl (C=O) groups is 2. The van der Waals surface area contributed by atoms with Crippen LogP contribution in [0.25, 0.3) is 0 Å². The Morgan fingerprint density at radius 2 is 1.79 bits per heavy atom. The quantitative estimate of drug-likeness (QED) is 0.542. The zero-order chi connectivity index (χ0) is 24.2. The van der Waals surface area contributed by atoms with E-state index in [9.17, 15) is 9.59 Å². The van der Waals surface area contributed by atoms with E-state index in [1.807, 2.05) is 24.3 Å². The molecule has 1 aliphatic rings. The third kappa shape index (κ3) is 5.10. The van der Waals surface area contributed by atoms with Crippen LogP contribution in [-0.2, 0) is 17.9 Å². The topological polar surface area (TPSA) is 77.1 Å². The summed E-state index contributed by atoms with van der Waals surface area (Å²) in [6.07, 6.45) is -0.645. The van der Waals surface area contributed by atoms with Gasteiger partial charge in [0, 0.05) is 41.0 Å². The molecule has 3 aromatic rings. The average molecular weight is 481 g/mol. The highest BCUT2D eigenvalue weighted by molar-refractivity contribution is 6.31. The lowest BCUT2D eigenvalue weighted by atomic mass is 10.1. The molecule has 3 aromatic carbocycles. The van der Waals surface area contributed by atoms with Gasteiger partial charge in [-0.15, -0.1) is 0 Å². The van der Waals surface area contributed by atoms with Crippen LogP contribution in [0.5, 0.6) is 17.2 Å². The van der Waals surface area contributed by atoms with Crippen molar-refractivity contribution in [3.05, 3.63) is 82.4 Å². The standard InChI is InChI=1S/C26H25ClN2O5/c1-16-26(31)29(14-17-6-4-5-7-23(17)27)15-19-10-20(8-9-24(19)34-16)28-25(30)18-11-21(32-2)13-22(12-18)33-3/h4-13,16H,14-15H2,1-3H3,(H,28,30). The Labute approximate surface area is 203 Å². The van der Waals surface area contributed by atoms with Crippen molar-refractivity contribution in [3.8, 4) is 17.2 Å². The lowest BCUT2D eigenvalue weighted by molar-refractivity contribution is -0.138. The Kier molecular flexibility index (Phi) is 6.93. The van der Waals surface area contributed by atoms with Gasteiger partial charge >= 0.3 is 0 Å². The summed E-state index contributed by atoms with van der Waals surface area (Å²) >= 11 is 6.32. The third-order valence-corrected chi connectivity index (χ3v) is 5.94. The summed E-state index contributed by atoms with van der Waals surface area (Å²) in [6.45, 7) is 2.40. The fourth-order valence-electron chi connectivity index (χ4n) is 3.79. The highest BCUT2D eigenvalue weighted by Crippen LogP contribution is 2.31. The van der Waals surface area contributed by atoms with Gasteiger partial charge in [-0.1, -0.05) is 29.8 Å². The van der Waals surface area contributed by atoms with Gasteiger partial charge in [0.25, 0.3) is 11.8 Å². The molecule has 7 nitrogen and oxygen atoms in total. The first-order valence-electron chi connectivity index (χ1n) is 10.7. The first kappa shape index (κ1) is 23.4. The number of carbonyl (C=O) groups excluding carboxylic acids is 2. The molecule has 176 valence electrons. The molecule has 2 amide bonds. The molecule has 8 heteroatoms. The average Bonchev–Trinajstić information content (AvgIpc) is 2.96. The number of nitrogens with one attached hydrogen (secondary N) is 1. The van der Waals surface area contributed by atoms with Crippen LogP contribution >= 0.6 is 11.6 Å². The van der Waals surface area contributed by atoms with Crippen molar-refractivity contribution in [2.45, 2.75) is 26.1 Å². The summed E-state index contributed by atoms with van der Waals surface area (Å²) in [5, 5.41) is 3.50. The molecule has 34 heavy (non-hydrogen) atoms. The minimum absolute atomic E-state index is 0.134. The molecule has 1 aliphatic heterocycles. The number of hydrogen-bond acceptors (Lipinski definition) is 5. The van der Waals surface area contributed by atoms with Crippen LogP contribution in [-0.4, -0.2) is 37.0 Å². The lowest BCUT2D eigenvalue weighted by Crippen LogP contribution is -2.37. The maximum absolute atomic E-state index is 13.0. The molecular formula is C26H25ClN2O5. The Morgan fingerprint density at radius 1 is 1.09 bits per heavy atom. The molecule has 4 rings (SSSR count). The summed E-state index contributed by atoms with van der Waals surface area (Å²) in [6, 6.07) is 17.7. The highest BCUT2D eigenvalue weighted by Gasteiger charge is 2.28. The van der Waals surface area contributed by atoms with Gasteiger partial charge in [-0.05, 0) is 48.9 Å². The summed E-state index contributed by atoms with van der Waals surface area (Å²) in [5.41, 5.74) is 2.61. The smallest absolute Gasteiger partial charge is 0.263 e. The molecule has 1 atom stereocenters. The second kappa shape index (κ2) is 10.1. The first-order chi connectivity index (χ1) is 16.4. The maximum Gasteiger partial charge on any atom is 0.263 e. The fraction of sp³-hybridized carbons (Fsp3) is 0.231. The van der Waals surface area contributed by atoms with Crippen molar-refractivity contribution >= 4 is 29.1 Å². The molecule has 0 saturated carbocycles. The van der Waals surface area contributed by atoms with Crippen LogP contribution in [0.1, 0.15) is 28.4 Å². The van der Waals surface area contributed by atoms with Gasteiger partial charge < -0.3 is 24.4 Å². The van der Waals surface area contributed by atoms with E-state index >= 15 is 0 Å². The molecule has 1 heterocycles. The van der Waals surface area contributed by atoms with E-state index in [1.165, 1.54) is 14.2 Å². The Morgan fingerprint density at radius 3 is 2.47 bits per heavy atom. The molecule has 0 aromatic heterocycles. The first-order valence-corrected chi connectivity index (χ1v) is 11.1. The fourth-order valence-corrected chi connectivity index (χ4v) is 3.98. The third-order valence-electron chi connectivity index (χ3n) is 5.58. The maximum atomic E-state index is 13.0. The largest absolute Gasteiger partial charge is 0.497 e. The van der Waals surface area contributed by atoms with Crippen LogP contribution in [0.2, 0.25) is 5.02 Å².